The molecular weight excluding hydrogens is 230 g/mol. The number of nitrogens with one attached hydrogen (secondary N) is 1. The Morgan fingerprint density at radius 2 is 2.06 bits per heavy atom. The van der Waals surface area contributed by atoms with Crippen molar-refractivity contribution >= 4 is 0 Å². The maximum atomic E-state index is 5.61. The zero-order valence-electron chi connectivity index (χ0n) is 10.9. The van der Waals surface area contributed by atoms with E-state index in [4.69, 9.17) is 9.47 Å². The fraction of sp³-hybridized carbons (Fsp3) is 0.692. The molecule has 2 rings (SSSR count). The van der Waals surface area contributed by atoms with Crippen LogP contribution in [0.1, 0.15) is 26.2 Å². The summed E-state index contributed by atoms with van der Waals surface area (Å²) >= 11 is 0. The predicted molar refractivity (Wildman–Crippen MR) is 68.9 cm³/mol. The first-order valence-electron chi connectivity index (χ1n) is 6.67. The van der Waals surface area contributed by atoms with Crippen molar-refractivity contribution in [2.45, 2.75) is 26.2 Å². The second kappa shape index (κ2) is 7.16. The molecule has 1 saturated heterocycles. The summed E-state index contributed by atoms with van der Waals surface area (Å²) in [4.78, 5) is 8.31. The van der Waals surface area contributed by atoms with E-state index in [0.29, 0.717) is 25.0 Å². The molecule has 1 atom stereocenters. The Balaban J connectivity index is 1.74. The Morgan fingerprint density at radius 1 is 1.28 bits per heavy atom. The van der Waals surface area contributed by atoms with Crippen LogP contribution in [0.4, 0.5) is 0 Å². The van der Waals surface area contributed by atoms with E-state index >= 15 is 0 Å². The van der Waals surface area contributed by atoms with Gasteiger partial charge in [0.25, 0.3) is 0 Å². The fourth-order valence-corrected chi connectivity index (χ4v) is 1.97. The second-order valence-electron chi connectivity index (χ2n) is 4.54. The Hall–Kier alpha value is -1.36. The topological polar surface area (TPSA) is 56.3 Å². The van der Waals surface area contributed by atoms with Crippen molar-refractivity contribution in [1.29, 1.82) is 0 Å². The monoisotopic (exact) mass is 251 g/mol. The molecule has 0 bridgehead atoms. The van der Waals surface area contributed by atoms with Crippen LogP contribution in [0.25, 0.3) is 0 Å². The van der Waals surface area contributed by atoms with Gasteiger partial charge in [0.1, 0.15) is 0 Å². The van der Waals surface area contributed by atoms with Gasteiger partial charge in [-0.1, -0.05) is 6.92 Å². The molecule has 0 aliphatic carbocycles. The third kappa shape index (κ3) is 4.14. The number of ether oxygens (including phenoxy) is 2. The van der Waals surface area contributed by atoms with Crippen LogP contribution in [-0.2, 0) is 0 Å². The summed E-state index contributed by atoms with van der Waals surface area (Å²) in [5.41, 5.74) is 0. The fourth-order valence-electron chi connectivity index (χ4n) is 1.97. The van der Waals surface area contributed by atoms with E-state index in [2.05, 4.69) is 22.2 Å². The van der Waals surface area contributed by atoms with Crippen LogP contribution in [0, 0.1) is 5.92 Å². The van der Waals surface area contributed by atoms with Crippen molar-refractivity contribution in [2.75, 3.05) is 26.3 Å². The molecule has 1 aromatic rings. The molecule has 0 aromatic carbocycles. The number of rotatable bonds is 7. The summed E-state index contributed by atoms with van der Waals surface area (Å²) in [6.07, 6.45) is 6.51. The van der Waals surface area contributed by atoms with Crippen molar-refractivity contribution in [3.8, 4) is 11.8 Å². The summed E-state index contributed by atoms with van der Waals surface area (Å²) in [6.45, 7) is 5.65. The minimum Gasteiger partial charge on any atom is -0.477 e. The van der Waals surface area contributed by atoms with Crippen LogP contribution in [0.5, 0.6) is 11.8 Å². The van der Waals surface area contributed by atoms with Crippen LogP contribution in [0.3, 0.4) is 0 Å². The standard InChI is InChI=1S/C13H21N3O2/c1-2-6-17-12-9-15-10-13(16-12)18-7-4-11-3-5-14-8-11/h9-11,14H,2-8H2,1H3. The van der Waals surface area contributed by atoms with Gasteiger partial charge in [-0.15, -0.1) is 0 Å². The first-order chi connectivity index (χ1) is 8.88. The van der Waals surface area contributed by atoms with Crippen LogP contribution in [0.15, 0.2) is 12.4 Å². The Labute approximate surface area is 108 Å². The molecule has 0 saturated carbocycles. The van der Waals surface area contributed by atoms with Crippen molar-refractivity contribution in [3.05, 3.63) is 12.4 Å². The maximum Gasteiger partial charge on any atom is 0.235 e. The maximum absolute atomic E-state index is 5.61. The van der Waals surface area contributed by atoms with Gasteiger partial charge in [-0.2, -0.15) is 4.98 Å². The highest BCUT2D eigenvalue weighted by Gasteiger charge is 2.14. The van der Waals surface area contributed by atoms with Gasteiger partial charge in [0.15, 0.2) is 0 Å². The summed E-state index contributed by atoms with van der Waals surface area (Å²) in [5, 5.41) is 3.35. The Bertz CT molecular complexity index is 354. The Kier molecular flexibility index (Phi) is 5.20. The van der Waals surface area contributed by atoms with E-state index < -0.39 is 0 Å². The molecular formula is C13H21N3O2. The van der Waals surface area contributed by atoms with Crippen molar-refractivity contribution in [1.82, 2.24) is 15.3 Å². The lowest BCUT2D eigenvalue weighted by molar-refractivity contribution is 0.260. The number of aromatic nitrogens is 2. The summed E-state index contributed by atoms with van der Waals surface area (Å²) in [5.74, 6) is 1.82. The molecule has 1 N–H and O–H groups in total. The quantitative estimate of drug-likeness (QED) is 0.798. The first kappa shape index (κ1) is 13.1. The number of nitrogens with zero attached hydrogens (tertiary/aromatic N) is 2. The molecule has 0 amide bonds. The van der Waals surface area contributed by atoms with Gasteiger partial charge in [-0.05, 0) is 38.3 Å². The van der Waals surface area contributed by atoms with E-state index in [1.165, 1.54) is 6.42 Å². The summed E-state index contributed by atoms with van der Waals surface area (Å²) in [6, 6.07) is 0. The van der Waals surface area contributed by atoms with Gasteiger partial charge < -0.3 is 14.8 Å². The van der Waals surface area contributed by atoms with Gasteiger partial charge in [-0.3, -0.25) is 4.98 Å². The molecule has 1 unspecified atom stereocenters. The SMILES string of the molecule is CCCOc1cncc(OCCC2CCNC2)n1. The molecule has 5 nitrogen and oxygen atoms in total. The van der Waals surface area contributed by atoms with Crippen molar-refractivity contribution in [2.24, 2.45) is 5.92 Å². The zero-order chi connectivity index (χ0) is 12.6. The van der Waals surface area contributed by atoms with E-state index in [9.17, 15) is 0 Å². The zero-order valence-corrected chi connectivity index (χ0v) is 10.9. The van der Waals surface area contributed by atoms with Crippen LogP contribution in [-0.4, -0.2) is 36.3 Å². The third-order valence-electron chi connectivity index (χ3n) is 2.98. The molecule has 0 spiro atoms. The Morgan fingerprint density at radius 3 is 2.72 bits per heavy atom. The van der Waals surface area contributed by atoms with Gasteiger partial charge in [0.05, 0.1) is 25.6 Å². The highest BCUT2D eigenvalue weighted by atomic mass is 16.5. The van der Waals surface area contributed by atoms with Gasteiger partial charge >= 0.3 is 0 Å². The van der Waals surface area contributed by atoms with Gasteiger partial charge in [-0.25, -0.2) is 0 Å². The van der Waals surface area contributed by atoms with Gasteiger partial charge in [0.2, 0.25) is 11.8 Å². The van der Waals surface area contributed by atoms with Crippen LogP contribution in [0.2, 0.25) is 0 Å². The average Bonchev–Trinajstić information content (AvgIpc) is 2.90. The molecule has 0 radical (unpaired) electrons. The van der Waals surface area contributed by atoms with Crippen molar-refractivity contribution < 1.29 is 9.47 Å². The molecule has 5 heteroatoms. The smallest absolute Gasteiger partial charge is 0.235 e. The molecule has 1 fully saturated rings. The first-order valence-corrected chi connectivity index (χ1v) is 6.67. The van der Waals surface area contributed by atoms with Crippen LogP contribution >= 0.6 is 0 Å². The van der Waals surface area contributed by atoms with Crippen molar-refractivity contribution in [3.63, 3.8) is 0 Å². The highest BCUT2D eigenvalue weighted by Crippen LogP contribution is 2.15. The van der Waals surface area contributed by atoms with E-state index in [0.717, 1.165) is 31.8 Å². The third-order valence-corrected chi connectivity index (χ3v) is 2.98. The lowest BCUT2D eigenvalue weighted by atomic mass is 10.1. The molecule has 100 valence electrons. The molecule has 1 aromatic heterocycles. The lowest BCUT2D eigenvalue weighted by Gasteiger charge is -2.10. The predicted octanol–water partition coefficient (Wildman–Crippen LogP) is 1.64. The second-order valence-corrected chi connectivity index (χ2v) is 4.54. The summed E-state index contributed by atoms with van der Waals surface area (Å²) in [7, 11) is 0. The normalized spacial score (nSPS) is 18.8. The van der Waals surface area contributed by atoms with Crippen LogP contribution < -0.4 is 14.8 Å². The lowest BCUT2D eigenvalue weighted by Crippen LogP contribution is -2.12. The molecule has 1 aliphatic heterocycles. The van der Waals surface area contributed by atoms with E-state index in [-0.39, 0.29) is 0 Å². The van der Waals surface area contributed by atoms with E-state index in [1.807, 2.05) is 0 Å². The minimum atomic E-state index is 0.539. The summed E-state index contributed by atoms with van der Waals surface area (Å²) < 4.78 is 11.0. The molecule has 18 heavy (non-hydrogen) atoms. The minimum absolute atomic E-state index is 0.539. The average molecular weight is 251 g/mol. The number of hydrogen-bond acceptors (Lipinski definition) is 5. The number of hydrogen-bond donors (Lipinski definition) is 1. The molecule has 1 aliphatic rings. The highest BCUT2D eigenvalue weighted by molar-refractivity contribution is 5.12. The molecule has 2 heterocycles. The largest absolute Gasteiger partial charge is 0.477 e. The van der Waals surface area contributed by atoms with E-state index in [1.54, 1.807) is 12.4 Å². The van der Waals surface area contributed by atoms with Gasteiger partial charge in [0, 0.05) is 0 Å².